The Bertz CT molecular complexity index is 680. The molecule has 1 amide bonds. The molecule has 0 unspecified atom stereocenters. The molecule has 0 spiro atoms. The van der Waals surface area contributed by atoms with Gasteiger partial charge in [-0.25, -0.2) is 9.07 Å². The number of unbranched alkanes of at least 4 members (excludes halogenated alkanes) is 1. The molecule has 0 aliphatic carbocycles. The van der Waals surface area contributed by atoms with E-state index in [2.05, 4.69) is 10.4 Å². The van der Waals surface area contributed by atoms with Crippen LogP contribution in [0.15, 0.2) is 41.2 Å². The fourth-order valence-electron chi connectivity index (χ4n) is 1.77. The number of halogens is 1. The van der Waals surface area contributed by atoms with Gasteiger partial charge in [0.2, 0.25) is 0 Å². The van der Waals surface area contributed by atoms with E-state index in [1.807, 2.05) is 6.92 Å². The third kappa shape index (κ3) is 3.98. The van der Waals surface area contributed by atoms with Crippen LogP contribution in [0.5, 0.6) is 0 Å². The number of nitrogens with zero attached hydrogens (tertiary/aromatic N) is 2. The van der Waals surface area contributed by atoms with Crippen LogP contribution in [0.1, 0.15) is 30.3 Å². The Kier molecular flexibility index (Phi) is 4.81. The van der Waals surface area contributed by atoms with Crippen molar-refractivity contribution in [2.24, 2.45) is 0 Å². The van der Waals surface area contributed by atoms with E-state index in [9.17, 15) is 14.0 Å². The van der Waals surface area contributed by atoms with Gasteiger partial charge in [-0.15, -0.1) is 0 Å². The fraction of sp³-hybridized carbons (Fsp3) is 0.267. The van der Waals surface area contributed by atoms with Crippen molar-refractivity contribution in [3.8, 4) is 0 Å². The lowest BCUT2D eigenvalue weighted by molar-refractivity contribution is 0.101. The normalized spacial score (nSPS) is 10.4. The molecule has 6 heteroatoms. The van der Waals surface area contributed by atoms with E-state index < -0.39 is 5.91 Å². The quantitative estimate of drug-likeness (QED) is 0.919. The molecule has 0 saturated carbocycles. The zero-order valence-corrected chi connectivity index (χ0v) is 11.7. The molecule has 0 fully saturated rings. The molecule has 2 rings (SSSR count). The van der Waals surface area contributed by atoms with Gasteiger partial charge in [-0.1, -0.05) is 13.3 Å². The van der Waals surface area contributed by atoms with Gasteiger partial charge in [0.25, 0.3) is 11.5 Å². The van der Waals surface area contributed by atoms with Gasteiger partial charge in [-0.05, 0) is 36.8 Å². The minimum atomic E-state index is -0.438. The summed E-state index contributed by atoms with van der Waals surface area (Å²) in [6, 6.07) is 8.13. The summed E-state index contributed by atoms with van der Waals surface area (Å²) < 4.78 is 14.1. The van der Waals surface area contributed by atoms with E-state index in [1.54, 1.807) is 0 Å². The van der Waals surface area contributed by atoms with Crippen molar-refractivity contribution in [1.29, 1.82) is 0 Å². The summed E-state index contributed by atoms with van der Waals surface area (Å²) in [7, 11) is 0. The number of aromatic nitrogens is 2. The smallest absolute Gasteiger partial charge is 0.276 e. The second-order valence-electron chi connectivity index (χ2n) is 4.59. The Morgan fingerprint density at radius 2 is 1.95 bits per heavy atom. The van der Waals surface area contributed by atoms with Gasteiger partial charge in [-0.3, -0.25) is 9.59 Å². The van der Waals surface area contributed by atoms with E-state index in [0.717, 1.165) is 12.8 Å². The average molecular weight is 289 g/mol. The van der Waals surface area contributed by atoms with Crippen LogP contribution in [0.25, 0.3) is 0 Å². The number of benzene rings is 1. The Balaban J connectivity index is 2.15. The van der Waals surface area contributed by atoms with Crippen molar-refractivity contribution < 1.29 is 9.18 Å². The molecule has 0 radical (unpaired) electrons. The van der Waals surface area contributed by atoms with Gasteiger partial charge in [0.1, 0.15) is 11.5 Å². The highest BCUT2D eigenvalue weighted by Crippen LogP contribution is 2.09. The van der Waals surface area contributed by atoms with Gasteiger partial charge < -0.3 is 5.32 Å². The lowest BCUT2D eigenvalue weighted by atomic mass is 10.3. The molecule has 1 heterocycles. The first-order valence-electron chi connectivity index (χ1n) is 6.75. The number of carbonyl (C=O) groups is 1. The van der Waals surface area contributed by atoms with Crippen molar-refractivity contribution in [2.45, 2.75) is 26.3 Å². The second-order valence-corrected chi connectivity index (χ2v) is 4.59. The van der Waals surface area contributed by atoms with Crippen LogP contribution >= 0.6 is 0 Å². The Hall–Kier alpha value is -2.50. The van der Waals surface area contributed by atoms with Crippen molar-refractivity contribution in [1.82, 2.24) is 9.78 Å². The fourth-order valence-corrected chi connectivity index (χ4v) is 1.77. The van der Waals surface area contributed by atoms with Gasteiger partial charge in [0.15, 0.2) is 0 Å². The van der Waals surface area contributed by atoms with Crippen LogP contribution in [-0.2, 0) is 6.54 Å². The number of anilines is 1. The summed E-state index contributed by atoms with van der Waals surface area (Å²) in [5.74, 6) is -0.814. The van der Waals surface area contributed by atoms with Gasteiger partial charge in [-0.2, -0.15) is 5.10 Å². The highest BCUT2D eigenvalue weighted by Gasteiger charge is 2.10. The predicted molar refractivity (Wildman–Crippen MR) is 77.8 cm³/mol. The van der Waals surface area contributed by atoms with Gasteiger partial charge >= 0.3 is 0 Å². The maximum atomic E-state index is 12.8. The Morgan fingerprint density at radius 1 is 1.24 bits per heavy atom. The maximum Gasteiger partial charge on any atom is 0.276 e. The lowest BCUT2D eigenvalue weighted by Crippen LogP contribution is -2.26. The first-order valence-corrected chi connectivity index (χ1v) is 6.75. The number of carbonyl (C=O) groups excluding carboxylic acids is 1. The number of nitrogens with one attached hydrogen (secondary N) is 1. The van der Waals surface area contributed by atoms with E-state index >= 15 is 0 Å². The first kappa shape index (κ1) is 14.9. The summed E-state index contributed by atoms with van der Waals surface area (Å²) in [4.78, 5) is 23.7. The molecule has 0 atom stereocenters. The Labute approximate surface area is 121 Å². The summed E-state index contributed by atoms with van der Waals surface area (Å²) in [5.41, 5.74) is 0.381. The van der Waals surface area contributed by atoms with Crippen LogP contribution in [0.2, 0.25) is 0 Å². The lowest BCUT2D eigenvalue weighted by Gasteiger charge is -2.07. The number of hydrogen-bond donors (Lipinski definition) is 1. The minimum absolute atomic E-state index is 0.148. The Morgan fingerprint density at radius 3 is 2.62 bits per heavy atom. The van der Waals surface area contributed by atoms with Crippen LogP contribution in [-0.4, -0.2) is 15.7 Å². The summed E-state index contributed by atoms with van der Waals surface area (Å²) >= 11 is 0. The minimum Gasteiger partial charge on any atom is -0.321 e. The average Bonchev–Trinajstić information content (AvgIpc) is 2.48. The van der Waals surface area contributed by atoms with Gasteiger partial charge in [0.05, 0.1) is 0 Å². The second kappa shape index (κ2) is 6.78. The maximum absolute atomic E-state index is 12.8. The monoisotopic (exact) mass is 289 g/mol. The van der Waals surface area contributed by atoms with Gasteiger partial charge in [0, 0.05) is 18.3 Å². The molecule has 0 aliphatic heterocycles. The number of amides is 1. The first-order chi connectivity index (χ1) is 10.1. The SMILES string of the molecule is CCCCn1nc(C(=O)Nc2ccc(F)cc2)ccc1=O. The van der Waals surface area contributed by atoms with Crippen LogP contribution in [0.4, 0.5) is 10.1 Å². The topological polar surface area (TPSA) is 64.0 Å². The molecule has 1 N–H and O–H groups in total. The highest BCUT2D eigenvalue weighted by atomic mass is 19.1. The molecule has 0 bridgehead atoms. The third-order valence-electron chi connectivity index (χ3n) is 2.92. The standard InChI is InChI=1S/C15H16FN3O2/c1-2-3-10-19-14(20)9-8-13(18-19)15(21)17-12-6-4-11(16)5-7-12/h4-9H,2-3,10H2,1H3,(H,17,21). The van der Waals surface area contributed by atoms with E-state index in [0.29, 0.717) is 12.2 Å². The molecular formula is C15H16FN3O2. The summed E-state index contributed by atoms with van der Waals surface area (Å²) in [6.45, 7) is 2.49. The number of aryl methyl sites for hydroxylation is 1. The molecular weight excluding hydrogens is 273 g/mol. The van der Waals surface area contributed by atoms with Crippen molar-refractivity contribution in [2.75, 3.05) is 5.32 Å². The zero-order chi connectivity index (χ0) is 15.2. The summed E-state index contributed by atoms with van der Waals surface area (Å²) in [6.07, 6.45) is 1.75. The van der Waals surface area contributed by atoms with Crippen molar-refractivity contribution in [3.05, 3.63) is 58.3 Å². The number of rotatable bonds is 5. The largest absolute Gasteiger partial charge is 0.321 e. The van der Waals surface area contributed by atoms with Crippen LogP contribution < -0.4 is 10.9 Å². The number of hydrogen-bond acceptors (Lipinski definition) is 3. The molecule has 110 valence electrons. The van der Waals surface area contributed by atoms with E-state index in [1.165, 1.54) is 41.1 Å². The third-order valence-corrected chi connectivity index (χ3v) is 2.92. The molecule has 0 saturated heterocycles. The predicted octanol–water partition coefficient (Wildman–Crippen LogP) is 2.43. The molecule has 2 aromatic rings. The van der Waals surface area contributed by atoms with Crippen molar-refractivity contribution in [3.63, 3.8) is 0 Å². The molecule has 21 heavy (non-hydrogen) atoms. The molecule has 0 aliphatic rings. The van der Waals surface area contributed by atoms with Crippen molar-refractivity contribution >= 4 is 11.6 Å². The highest BCUT2D eigenvalue weighted by molar-refractivity contribution is 6.02. The molecule has 1 aromatic carbocycles. The van der Waals surface area contributed by atoms with Crippen LogP contribution in [0, 0.1) is 5.82 Å². The summed E-state index contributed by atoms with van der Waals surface area (Å²) in [5, 5.41) is 6.65. The molecule has 1 aromatic heterocycles. The van der Waals surface area contributed by atoms with Crippen LogP contribution in [0.3, 0.4) is 0 Å². The molecule has 5 nitrogen and oxygen atoms in total. The van der Waals surface area contributed by atoms with E-state index in [4.69, 9.17) is 0 Å². The zero-order valence-electron chi connectivity index (χ0n) is 11.7. The van der Waals surface area contributed by atoms with E-state index in [-0.39, 0.29) is 17.1 Å².